The van der Waals surface area contributed by atoms with Gasteiger partial charge in [0.05, 0.1) is 0 Å². The maximum Gasteiger partial charge on any atom is 0.251 e. The van der Waals surface area contributed by atoms with Gasteiger partial charge in [-0.2, -0.15) is 0 Å². The minimum Gasteiger partial charge on any atom is -0.303 e. The maximum absolute atomic E-state index is 13.0. The molecule has 0 bridgehead atoms. The summed E-state index contributed by atoms with van der Waals surface area (Å²) in [5, 5.41) is 0. The van der Waals surface area contributed by atoms with Gasteiger partial charge in [0.2, 0.25) is 0 Å². The van der Waals surface area contributed by atoms with Gasteiger partial charge in [-0.3, -0.25) is 4.79 Å². The van der Waals surface area contributed by atoms with E-state index in [1.807, 2.05) is 41.3 Å². The highest BCUT2D eigenvalue weighted by atomic mass is 16.2. The molecular formula is C22H25NO. The first-order chi connectivity index (χ1) is 11.4. The third-order valence-electron chi connectivity index (χ3n) is 4.80. The van der Waals surface area contributed by atoms with Gasteiger partial charge in [0.15, 0.2) is 0 Å². The van der Waals surface area contributed by atoms with Crippen LogP contribution in [0.25, 0.3) is 6.08 Å². The summed E-state index contributed by atoms with van der Waals surface area (Å²) in [7, 11) is 0. The van der Waals surface area contributed by atoms with E-state index in [4.69, 9.17) is 0 Å². The average Bonchev–Trinajstić information content (AvgIpc) is 2.54. The lowest BCUT2D eigenvalue weighted by molar-refractivity contribution is -0.115. The Balaban J connectivity index is 1.97. The summed E-state index contributed by atoms with van der Waals surface area (Å²) in [4.78, 5) is 14.9. The van der Waals surface area contributed by atoms with E-state index in [2.05, 4.69) is 45.9 Å². The summed E-state index contributed by atoms with van der Waals surface area (Å²) < 4.78 is 0. The van der Waals surface area contributed by atoms with Gasteiger partial charge < -0.3 is 4.90 Å². The Hall–Kier alpha value is -2.35. The molecule has 1 atom stereocenters. The number of hydrogen-bond donors (Lipinski definition) is 0. The first kappa shape index (κ1) is 16.5. The van der Waals surface area contributed by atoms with Crippen LogP contribution in [0.15, 0.2) is 54.6 Å². The second-order valence-corrected chi connectivity index (χ2v) is 7.40. The predicted octanol–water partition coefficient (Wildman–Crippen LogP) is 5.33. The van der Waals surface area contributed by atoms with Crippen molar-refractivity contribution in [2.45, 2.75) is 45.6 Å². The van der Waals surface area contributed by atoms with E-state index in [1.54, 1.807) is 6.08 Å². The quantitative estimate of drug-likeness (QED) is 0.685. The largest absolute Gasteiger partial charge is 0.303 e. The van der Waals surface area contributed by atoms with Crippen LogP contribution in [0.5, 0.6) is 0 Å². The smallest absolute Gasteiger partial charge is 0.251 e. The number of amides is 1. The molecule has 1 unspecified atom stereocenters. The van der Waals surface area contributed by atoms with Crippen molar-refractivity contribution in [2.75, 3.05) is 4.90 Å². The highest BCUT2D eigenvalue weighted by Gasteiger charge is 2.39. The minimum absolute atomic E-state index is 0.0425. The van der Waals surface area contributed by atoms with Gasteiger partial charge in [0.1, 0.15) is 0 Å². The summed E-state index contributed by atoms with van der Waals surface area (Å²) in [6.45, 7) is 8.66. The van der Waals surface area contributed by atoms with E-state index in [0.717, 1.165) is 17.7 Å². The Bertz CT molecular complexity index is 774. The third kappa shape index (κ3) is 3.14. The Labute approximate surface area is 144 Å². The molecule has 2 heteroatoms. The molecular weight excluding hydrogens is 294 g/mol. The molecule has 0 spiro atoms. The van der Waals surface area contributed by atoms with Crippen LogP contribution in [-0.2, 0) is 4.79 Å². The average molecular weight is 319 g/mol. The molecule has 2 aromatic carbocycles. The van der Waals surface area contributed by atoms with Gasteiger partial charge in [-0.1, -0.05) is 55.0 Å². The molecule has 0 aliphatic carbocycles. The summed E-state index contributed by atoms with van der Waals surface area (Å²) >= 11 is 0. The van der Waals surface area contributed by atoms with Gasteiger partial charge in [0.25, 0.3) is 5.91 Å². The van der Waals surface area contributed by atoms with Crippen molar-refractivity contribution in [1.82, 2.24) is 0 Å². The van der Waals surface area contributed by atoms with Crippen LogP contribution in [-0.4, -0.2) is 11.4 Å². The maximum atomic E-state index is 13.0. The SMILES string of the molecule is Cc1ccc2c(c1)C(C)CC(C)(C)N2C(=O)C=Cc1ccccc1. The predicted molar refractivity (Wildman–Crippen MR) is 101 cm³/mol. The van der Waals surface area contributed by atoms with Crippen LogP contribution in [0.3, 0.4) is 0 Å². The van der Waals surface area contributed by atoms with Crippen molar-refractivity contribution in [3.8, 4) is 0 Å². The van der Waals surface area contributed by atoms with Gasteiger partial charge >= 0.3 is 0 Å². The number of fused-ring (bicyclic) bond motifs is 1. The molecule has 1 aliphatic rings. The third-order valence-corrected chi connectivity index (χ3v) is 4.80. The van der Waals surface area contributed by atoms with Crippen LogP contribution in [0.1, 0.15) is 49.8 Å². The van der Waals surface area contributed by atoms with E-state index in [0.29, 0.717) is 5.92 Å². The van der Waals surface area contributed by atoms with E-state index >= 15 is 0 Å². The van der Waals surface area contributed by atoms with Gasteiger partial charge in [0, 0.05) is 17.3 Å². The minimum atomic E-state index is -0.195. The lowest BCUT2D eigenvalue weighted by atomic mass is 9.79. The van der Waals surface area contributed by atoms with Gasteiger partial charge in [-0.05, 0) is 56.4 Å². The number of carbonyl (C=O) groups excluding carboxylic acids is 1. The molecule has 0 saturated carbocycles. The second-order valence-electron chi connectivity index (χ2n) is 7.40. The number of carbonyl (C=O) groups is 1. The number of anilines is 1. The molecule has 3 rings (SSSR count). The number of benzene rings is 2. The number of rotatable bonds is 2. The fourth-order valence-corrected chi connectivity index (χ4v) is 3.77. The second kappa shape index (κ2) is 6.27. The molecule has 0 aromatic heterocycles. The van der Waals surface area contributed by atoms with Crippen molar-refractivity contribution in [1.29, 1.82) is 0 Å². The lowest BCUT2D eigenvalue weighted by Crippen LogP contribution is -2.51. The highest BCUT2D eigenvalue weighted by molar-refractivity contribution is 6.05. The summed E-state index contributed by atoms with van der Waals surface area (Å²) in [6, 6.07) is 16.4. The van der Waals surface area contributed by atoms with Crippen LogP contribution < -0.4 is 4.90 Å². The van der Waals surface area contributed by atoms with Crippen LogP contribution in [0.4, 0.5) is 5.69 Å². The van der Waals surface area contributed by atoms with E-state index in [-0.39, 0.29) is 11.4 Å². The van der Waals surface area contributed by atoms with Crippen molar-refractivity contribution in [3.63, 3.8) is 0 Å². The number of hydrogen-bond acceptors (Lipinski definition) is 1. The molecule has 1 amide bonds. The van der Waals surface area contributed by atoms with Crippen molar-refractivity contribution < 1.29 is 4.79 Å². The van der Waals surface area contributed by atoms with E-state index in [9.17, 15) is 4.79 Å². The van der Waals surface area contributed by atoms with E-state index in [1.165, 1.54) is 11.1 Å². The zero-order chi connectivity index (χ0) is 17.3. The first-order valence-corrected chi connectivity index (χ1v) is 8.56. The number of aryl methyl sites for hydroxylation is 1. The molecule has 1 aliphatic heterocycles. The molecule has 2 nitrogen and oxygen atoms in total. The Morgan fingerprint density at radius 1 is 1.17 bits per heavy atom. The van der Waals surface area contributed by atoms with E-state index < -0.39 is 0 Å². The summed E-state index contributed by atoms with van der Waals surface area (Å²) in [6.07, 6.45) is 4.55. The first-order valence-electron chi connectivity index (χ1n) is 8.56. The summed E-state index contributed by atoms with van der Waals surface area (Å²) in [5.41, 5.74) is 4.41. The van der Waals surface area contributed by atoms with Gasteiger partial charge in [-0.15, -0.1) is 0 Å². The lowest BCUT2D eigenvalue weighted by Gasteiger charge is -2.45. The molecule has 24 heavy (non-hydrogen) atoms. The molecule has 0 N–H and O–H groups in total. The Morgan fingerprint density at radius 2 is 1.88 bits per heavy atom. The molecule has 2 aromatic rings. The molecule has 124 valence electrons. The topological polar surface area (TPSA) is 20.3 Å². The molecule has 0 saturated heterocycles. The van der Waals surface area contributed by atoms with Crippen molar-refractivity contribution >= 4 is 17.7 Å². The Kier molecular flexibility index (Phi) is 4.31. The highest BCUT2D eigenvalue weighted by Crippen LogP contribution is 2.43. The fraction of sp³-hybridized carbons (Fsp3) is 0.318. The van der Waals surface area contributed by atoms with Crippen LogP contribution >= 0.6 is 0 Å². The van der Waals surface area contributed by atoms with Crippen LogP contribution in [0.2, 0.25) is 0 Å². The monoisotopic (exact) mass is 319 g/mol. The Morgan fingerprint density at radius 3 is 2.58 bits per heavy atom. The summed E-state index contributed by atoms with van der Waals surface area (Å²) in [5.74, 6) is 0.498. The normalized spacial score (nSPS) is 19.3. The van der Waals surface area contributed by atoms with Gasteiger partial charge in [-0.25, -0.2) is 0 Å². The standard InChI is InChI=1S/C22H25NO/c1-16-10-12-20-19(14-16)17(2)15-22(3,4)23(20)21(24)13-11-18-8-6-5-7-9-18/h5-14,17H,15H2,1-4H3. The molecule has 0 fully saturated rings. The number of nitrogens with zero attached hydrogens (tertiary/aromatic N) is 1. The zero-order valence-corrected chi connectivity index (χ0v) is 14.9. The zero-order valence-electron chi connectivity index (χ0n) is 14.9. The molecule has 1 heterocycles. The van der Waals surface area contributed by atoms with Crippen molar-refractivity contribution in [2.24, 2.45) is 0 Å². The fourth-order valence-electron chi connectivity index (χ4n) is 3.77. The molecule has 0 radical (unpaired) electrons. The van der Waals surface area contributed by atoms with Crippen LogP contribution in [0, 0.1) is 6.92 Å². The van der Waals surface area contributed by atoms with Crippen molar-refractivity contribution in [3.05, 3.63) is 71.3 Å².